The zero-order valence-corrected chi connectivity index (χ0v) is 12.5. The van der Waals surface area contributed by atoms with Crippen LogP contribution in [0.15, 0.2) is 34.7 Å². The standard InChI is InChI=1S/C14H19FN2O2S/c1-11-5-7-17(8-6-11)20(18,19)13-3-4-14(15)12(9-13)10-16-2/h3-5,9,16H,6-8,10H2,1-2H3. The molecule has 0 aromatic heterocycles. The second-order valence-corrected chi connectivity index (χ2v) is 6.89. The molecule has 0 spiro atoms. The first-order valence-corrected chi connectivity index (χ1v) is 7.98. The van der Waals surface area contributed by atoms with E-state index in [0.717, 1.165) is 6.42 Å². The van der Waals surface area contributed by atoms with Crippen molar-refractivity contribution < 1.29 is 12.8 Å². The van der Waals surface area contributed by atoms with Crippen LogP contribution in [0.1, 0.15) is 18.9 Å². The molecule has 0 unspecified atom stereocenters. The summed E-state index contributed by atoms with van der Waals surface area (Å²) in [6.07, 6.45) is 2.66. The largest absolute Gasteiger partial charge is 0.316 e. The van der Waals surface area contributed by atoms with Crippen LogP contribution >= 0.6 is 0 Å². The van der Waals surface area contributed by atoms with Crippen LogP contribution in [0.3, 0.4) is 0 Å². The van der Waals surface area contributed by atoms with E-state index in [1.165, 1.54) is 28.1 Å². The van der Waals surface area contributed by atoms with E-state index in [1.807, 2.05) is 13.0 Å². The van der Waals surface area contributed by atoms with Crippen molar-refractivity contribution in [3.05, 3.63) is 41.2 Å². The van der Waals surface area contributed by atoms with E-state index >= 15 is 0 Å². The molecule has 0 saturated heterocycles. The van der Waals surface area contributed by atoms with E-state index < -0.39 is 15.8 Å². The summed E-state index contributed by atoms with van der Waals surface area (Å²) >= 11 is 0. The summed E-state index contributed by atoms with van der Waals surface area (Å²) in [6.45, 7) is 3.15. The SMILES string of the molecule is CNCc1cc(S(=O)(=O)N2CC=C(C)CC2)ccc1F. The monoisotopic (exact) mass is 298 g/mol. The predicted molar refractivity (Wildman–Crippen MR) is 76.3 cm³/mol. The van der Waals surface area contributed by atoms with Gasteiger partial charge in [-0.05, 0) is 38.6 Å². The summed E-state index contributed by atoms with van der Waals surface area (Å²) in [5, 5.41) is 2.83. The number of nitrogens with zero attached hydrogens (tertiary/aromatic N) is 1. The number of halogens is 1. The van der Waals surface area contributed by atoms with Gasteiger partial charge in [0.25, 0.3) is 0 Å². The number of sulfonamides is 1. The Hall–Kier alpha value is -1.24. The Morgan fingerprint density at radius 3 is 2.75 bits per heavy atom. The van der Waals surface area contributed by atoms with E-state index in [-0.39, 0.29) is 4.90 Å². The van der Waals surface area contributed by atoms with Crippen molar-refractivity contribution in [3.8, 4) is 0 Å². The van der Waals surface area contributed by atoms with Crippen LogP contribution in [0.2, 0.25) is 0 Å². The van der Waals surface area contributed by atoms with Gasteiger partial charge in [-0.1, -0.05) is 11.6 Å². The summed E-state index contributed by atoms with van der Waals surface area (Å²) in [5.74, 6) is -0.396. The smallest absolute Gasteiger partial charge is 0.243 e. The van der Waals surface area contributed by atoms with Crippen molar-refractivity contribution >= 4 is 10.0 Å². The quantitative estimate of drug-likeness (QED) is 0.864. The average Bonchev–Trinajstić information content (AvgIpc) is 2.42. The van der Waals surface area contributed by atoms with Crippen molar-refractivity contribution in [2.75, 3.05) is 20.1 Å². The maximum atomic E-state index is 13.6. The summed E-state index contributed by atoms with van der Waals surface area (Å²) in [5.41, 5.74) is 1.56. The zero-order valence-electron chi connectivity index (χ0n) is 11.7. The van der Waals surface area contributed by atoms with Crippen LogP contribution in [0.5, 0.6) is 0 Å². The molecule has 1 heterocycles. The van der Waals surface area contributed by atoms with Crippen LogP contribution in [-0.2, 0) is 16.6 Å². The second kappa shape index (κ2) is 6.03. The highest BCUT2D eigenvalue weighted by Crippen LogP contribution is 2.22. The minimum atomic E-state index is -3.55. The Labute approximate surface area is 119 Å². The first kappa shape index (κ1) is 15.2. The summed E-state index contributed by atoms with van der Waals surface area (Å²) in [6, 6.07) is 3.95. The molecule has 110 valence electrons. The van der Waals surface area contributed by atoms with Gasteiger partial charge in [0.05, 0.1) is 4.90 Å². The van der Waals surface area contributed by atoms with Gasteiger partial charge in [-0.3, -0.25) is 0 Å². The lowest BCUT2D eigenvalue weighted by Crippen LogP contribution is -2.34. The fourth-order valence-corrected chi connectivity index (χ4v) is 3.59. The number of benzene rings is 1. The highest BCUT2D eigenvalue weighted by Gasteiger charge is 2.26. The van der Waals surface area contributed by atoms with Crippen LogP contribution in [-0.4, -0.2) is 32.9 Å². The normalized spacial score (nSPS) is 17.1. The van der Waals surface area contributed by atoms with Crippen molar-refractivity contribution in [1.82, 2.24) is 9.62 Å². The Morgan fingerprint density at radius 2 is 2.15 bits per heavy atom. The molecule has 1 aliphatic heterocycles. The molecule has 20 heavy (non-hydrogen) atoms. The average molecular weight is 298 g/mol. The molecule has 0 radical (unpaired) electrons. The molecular weight excluding hydrogens is 279 g/mol. The minimum Gasteiger partial charge on any atom is -0.316 e. The first-order chi connectivity index (χ1) is 9.45. The van der Waals surface area contributed by atoms with Crippen LogP contribution in [0.25, 0.3) is 0 Å². The molecule has 1 aromatic carbocycles. The molecule has 0 aliphatic carbocycles. The van der Waals surface area contributed by atoms with Gasteiger partial charge >= 0.3 is 0 Å². The highest BCUT2D eigenvalue weighted by atomic mass is 32.2. The Bertz CT molecular complexity index is 626. The second-order valence-electron chi connectivity index (χ2n) is 4.95. The van der Waals surface area contributed by atoms with Gasteiger partial charge in [-0.25, -0.2) is 12.8 Å². The highest BCUT2D eigenvalue weighted by molar-refractivity contribution is 7.89. The fourth-order valence-electron chi connectivity index (χ4n) is 2.16. The molecule has 0 bridgehead atoms. The molecule has 6 heteroatoms. The third kappa shape index (κ3) is 3.08. The van der Waals surface area contributed by atoms with Crippen LogP contribution in [0, 0.1) is 5.82 Å². The molecule has 1 N–H and O–H groups in total. The zero-order chi connectivity index (χ0) is 14.8. The summed E-state index contributed by atoms with van der Waals surface area (Å²) < 4.78 is 40.0. The van der Waals surface area contributed by atoms with Gasteiger partial charge in [0, 0.05) is 25.2 Å². The van der Waals surface area contributed by atoms with Gasteiger partial charge < -0.3 is 5.32 Å². The molecule has 0 amide bonds. The first-order valence-electron chi connectivity index (χ1n) is 6.54. The third-order valence-electron chi connectivity index (χ3n) is 3.42. The van der Waals surface area contributed by atoms with Gasteiger partial charge in [-0.2, -0.15) is 4.31 Å². The van der Waals surface area contributed by atoms with E-state index in [4.69, 9.17) is 0 Å². The lowest BCUT2D eigenvalue weighted by atomic mass is 10.1. The number of hydrogen-bond acceptors (Lipinski definition) is 3. The molecule has 1 aromatic rings. The Morgan fingerprint density at radius 1 is 1.40 bits per heavy atom. The van der Waals surface area contributed by atoms with Crippen LogP contribution in [0.4, 0.5) is 4.39 Å². The van der Waals surface area contributed by atoms with Crippen molar-refractivity contribution in [1.29, 1.82) is 0 Å². The molecule has 0 fully saturated rings. The maximum absolute atomic E-state index is 13.6. The molecule has 0 saturated carbocycles. The fraction of sp³-hybridized carbons (Fsp3) is 0.429. The summed E-state index contributed by atoms with van der Waals surface area (Å²) in [4.78, 5) is 0.150. The van der Waals surface area contributed by atoms with E-state index in [2.05, 4.69) is 5.32 Å². The molecule has 1 aliphatic rings. The van der Waals surface area contributed by atoms with Crippen LogP contribution < -0.4 is 5.32 Å². The Balaban J connectivity index is 2.32. The van der Waals surface area contributed by atoms with E-state index in [1.54, 1.807) is 7.05 Å². The van der Waals surface area contributed by atoms with Crippen molar-refractivity contribution in [2.45, 2.75) is 24.8 Å². The predicted octanol–water partition coefficient (Wildman–Crippen LogP) is 1.89. The topological polar surface area (TPSA) is 49.4 Å². The molecule has 0 atom stereocenters. The number of rotatable bonds is 4. The number of nitrogens with one attached hydrogen (secondary N) is 1. The van der Waals surface area contributed by atoms with E-state index in [9.17, 15) is 12.8 Å². The minimum absolute atomic E-state index is 0.150. The van der Waals surface area contributed by atoms with Gasteiger partial charge in [0.1, 0.15) is 5.82 Å². The third-order valence-corrected chi connectivity index (χ3v) is 5.28. The van der Waals surface area contributed by atoms with E-state index in [0.29, 0.717) is 25.2 Å². The molecule has 2 rings (SSSR count). The number of hydrogen-bond donors (Lipinski definition) is 1. The van der Waals surface area contributed by atoms with Gasteiger partial charge in [0.15, 0.2) is 0 Å². The maximum Gasteiger partial charge on any atom is 0.243 e. The van der Waals surface area contributed by atoms with Crippen molar-refractivity contribution in [3.63, 3.8) is 0 Å². The lowest BCUT2D eigenvalue weighted by molar-refractivity contribution is 0.431. The Kier molecular flexibility index (Phi) is 4.57. The molecule has 4 nitrogen and oxygen atoms in total. The van der Waals surface area contributed by atoms with Gasteiger partial charge in [0.2, 0.25) is 10.0 Å². The molecular formula is C14H19FN2O2S. The lowest BCUT2D eigenvalue weighted by Gasteiger charge is -2.25. The van der Waals surface area contributed by atoms with Crippen molar-refractivity contribution in [2.24, 2.45) is 0 Å². The van der Waals surface area contributed by atoms with Gasteiger partial charge in [-0.15, -0.1) is 0 Å². The summed E-state index contributed by atoms with van der Waals surface area (Å²) in [7, 11) is -1.86.